The van der Waals surface area contributed by atoms with Gasteiger partial charge in [0.25, 0.3) is 7.82 Å². The lowest BCUT2D eigenvalue weighted by atomic mass is 10.0. The smallest absolute Gasteiger partial charge is 0.268 e. The molecule has 0 saturated carbocycles. The Hall–Kier alpha value is -2.58. The van der Waals surface area contributed by atoms with E-state index in [4.69, 9.17) is 9.05 Å². The number of nitrogens with zero attached hydrogens (tertiary/aromatic N) is 1. The van der Waals surface area contributed by atoms with Gasteiger partial charge in [-0.15, -0.1) is 0 Å². The van der Waals surface area contributed by atoms with Crippen molar-refractivity contribution in [2.45, 2.75) is 251 Å². The summed E-state index contributed by atoms with van der Waals surface area (Å²) in [5, 5.41) is 13.7. The van der Waals surface area contributed by atoms with Crippen LogP contribution in [0, 0.1) is 0 Å². The summed E-state index contributed by atoms with van der Waals surface area (Å²) in [5.41, 5.74) is 0. The number of carbonyl (C=O) groups is 1. The number of hydrogen-bond donors (Lipinski definition) is 2. The van der Waals surface area contributed by atoms with Gasteiger partial charge in [-0.05, 0) is 77.0 Å². The topological polar surface area (TPSA) is 108 Å². The monoisotopic (exact) mass is 1010 g/mol. The van der Waals surface area contributed by atoms with E-state index in [1.165, 1.54) is 135 Å². The van der Waals surface area contributed by atoms with Gasteiger partial charge in [-0.2, -0.15) is 0 Å². The second-order valence-electron chi connectivity index (χ2n) is 20.6. The standard InChI is InChI=1S/C62H111N2O6P/c1-6-8-10-12-14-16-17-18-19-20-21-22-23-24-25-26-27-28-29-30-31-32-33-34-35-36-37-38-39-40-41-42-43-44-45-46-47-48-50-52-54-56-62(66)63-60(59-70-71(67,68)69-58-57-64(3,4)5)61(65)55-53-51-49-15-13-11-9-7-2/h8,10,14,16,18-19,21-22,24-25,27-28,30-31,53,55,60-61,65H,6-7,9,11-13,15,17,20,23,26,29,32-52,54,56-59H2,1-5H3,(H-,63,66,67,68)/b10-8-,16-14-,19-18-,22-21-,25-24-,28-27-,31-30-,55-53+. The molecular formula is C62H111N2O6P. The molecule has 71 heavy (non-hydrogen) atoms. The Labute approximate surface area is 439 Å². The fraction of sp³-hybridized carbons (Fsp3) is 0.726. The van der Waals surface area contributed by atoms with Gasteiger partial charge in [-0.1, -0.05) is 252 Å². The highest BCUT2D eigenvalue weighted by Crippen LogP contribution is 2.38. The van der Waals surface area contributed by atoms with Crippen LogP contribution >= 0.6 is 7.82 Å². The predicted octanol–water partition coefficient (Wildman–Crippen LogP) is 17.2. The van der Waals surface area contributed by atoms with E-state index in [2.05, 4.69) is 104 Å². The molecule has 410 valence electrons. The van der Waals surface area contributed by atoms with Crippen LogP contribution in [0.2, 0.25) is 0 Å². The van der Waals surface area contributed by atoms with E-state index in [0.29, 0.717) is 17.4 Å². The van der Waals surface area contributed by atoms with E-state index >= 15 is 0 Å². The molecule has 0 aliphatic carbocycles. The molecule has 0 rings (SSSR count). The summed E-state index contributed by atoms with van der Waals surface area (Å²) in [4.78, 5) is 25.3. The first-order valence-corrected chi connectivity index (χ1v) is 30.6. The summed E-state index contributed by atoms with van der Waals surface area (Å²) < 4.78 is 23.2. The van der Waals surface area contributed by atoms with Crippen LogP contribution in [0.3, 0.4) is 0 Å². The van der Waals surface area contributed by atoms with Crippen molar-refractivity contribution < 1.29 is 32.9 Å². The normalized spacial score (nSPS) is 14.6. The molecule has 1 amide bonds. The maximum atomic E-state index is 12.9. The third-order valence-electron chi connectivity index (χ3n) is 12.5. The number of likely N-dealkylation sites (N-methyl/N-ethyl adjacent to an activating group) is 1. The molecule has 0 aromatic rings. The zero-order valence-electron chi connectivity index (χ0n) is 46.6. The van der Waals surface area contributed by atoms with Crippen molar-refractivity contribution in [3.8, 4) is 0 Å². The molecule has 0 aliphatic heterocycles. The van der Waals surface area contributed by atoms with Crippen LogP contribution in [-0.4, -0.2) is 68.5 Å². The van der Waals surface area contributed by atoms with Crippen LogP contribution in [0.4, 0.5) is 0 Å². The molecule has 0 aromatic heterocycles. The number of carbonyl (C=O) groups excluding carboxylic acids is 1. The van der Waals surface area contributed by atoms with Crippen molar-refractivity contribution in [1.29, 1.82) is 0 Å². The van der Waals surface area contributed by atoms with Gasteiger partial charge in [0.05, 0.1) is 39.9 Å². The second kappa shape index (κ2) is 52.3. The van der Waals surface area contributed by atoms with Crippen molar-refractivity contribution in [3.05, 3.63) is 97.2 Å². The average Bonchev–Trinajstić information content (AvgIpc) is 3.33. The van der Waals surface area contributed by atoms with E-state index in [0.717, 1.165) is 83.5 Å². The summed E-state index contributed by atoms with van der Waals surface area (Å²) in [6, 6.07) is -0.886. The molecule has 0 bridgehead atoms. The Balaban J connectivity index is 3.84. The number of nitrogens with one attached hydrogen (secondary N) is 1. The summed E-state index contributed by atoms with van der Waals surface area (Å²) in [7, 11) is 1.26. The van der Waals surface area contributed by atoms with Gasteiger partial charge in [-0.3, -0.25) is 9.36 Å². The number of hydrogen-bond acceptors (Lipinski definition) is 6. The molecule has 0 fully saturated rings. The Bertz CT molecular complexity index is 1470. The van der Waals surface area contributed by atoms with Crippen molar-refractivity contribution in [2.75, 3.05) is 40.9 Å². The molecule has 0 heterocycles. The quantitative estimate of drug-likeness (QED) is 0.0272. The Morgan fingerprint density at radius 2 is 0.859 bits per heavy atom. The lowest BCUT2D eigenvalue weighted by Crippen LogP contribution is -2.45. The minimum atomic E-state index is -4.59. The zero-order chi connectivity index (χ0) is 52.0. The maximum absolute atomic E-state index is 12.9. The minimum Gasteiger partial charge on any atom is -0.756 e. The lowest BCUT2D eigenvalue weighted by molar-refractivity contribution is -0.870. The second-order valence-corrected chi connectivity index (χ2v) is 22.0. The maximum Gasteiger partial charge on any atom is 0.268 e. The Morgan fingerprint density at radius 1 is 0.507 bits per heavy atom. The van der Waals surface area contributed by atoms with Crippen LogP contribution in [0.1, 0.15) is 239 Å². The largest absolute Gasteiger partial charge is 0.756 e. The summed E-state index contributed by atoms with van der Waals surface area (Å²) in [6.45, 7) is 4.48. The minimum absolute atomic E-state index is 0.00301. The van der Waals surface area contributed by atoms with Gasteiger partial charge in [0.2, 0.25) is 5.91 Å². The van der Waals surface area contributed by atoms with E-state index in [1.807, 2.05) is 27.2 Å². The lowest BCUT2D eigenvalue weighted by Gasteiger charge is -2.29. The highest BCUT2D eigenvalue weighted by atomic mass is 31.2. The van der Waals surface area contributed by atoms with Crippen LogP contribution in [0.5, 0.6) is 0 Å². The summed E-state index contributed by atoms with van der Waals surface area (Å²) in [6.07, 6.45) is 75.3. The van der Waals surface area contributed by atoms with Crippen molar-refractivity contribution >= 4 is 13.7 Å². The molecular weight excluding hydrogens is 900 g/mol. The van der Waals surface area contributed by atoms with Gasteiger partial charge in [0.15, 0.2) is 0 Å². The first-order valence-electron chi connectivity index (χ1n) is 29.1. The fourth-order valence-corrected chi connectivity index (χ4v) is 8.74. The number of unbranched alkanes of at least 4 members (excludes halogenated alkanes) is 25. The third kappa shape index (κ3) is 55.0. The van der Waals surface area contributed by atoms with Gasteiger partial charge >= 0.3 is 0 Å². The van der Waals surface area contributed by atoms with Gasteiger partial charge in [0.1, 0.15) is 13.2 Å². The number of rotatable bonds is 52. The Kier molecular flexibility index (Phi) is 50.4. The van der Waals surface area contributed by atoms with E-state index in [1.54, 1.807) is 6.08 Å². The SMILES string of the molecule is CC/C=C\C/C=C\C/C=C\C/C=C\C/C=C\C/C=C\C/C=C\CCCCCCCCCCCCCCCCCCCCCC(=O)NC(COP(=O)([O-])OCC[N+](C)(C)C)C(O)/C=C/CCCCCCCC. The number of quaternary nitrogens is 1. The van der Waals surface area contributed by atoms with Crippen molar-refractivity contribution in [1.82, 2.24) is 5.32 Å². The van der Waals surface area contributed by atoms with E-state index < -0.39 is 20.0 Å². The number of phosphoric ester groups is 1. The van der Waals surface area contributed by atoms with E-state index in [9.17, 15) is 19.4 Å². The van der Waals surface area contributed by atoms with Gasteiger partial charge in [0, 0.05) is 6.42 Å². The molecule has 3 atom stereocenters. The Morgan fingerprint density at radius 3 is 1.25 bits per heavy atom. The van der Waals surface area contributed by atoms with Crippen LogP contribution in [0.15, 0.2) is 97.2 Å². The molecule has 0 spiro atoms. The van der Waals surface area contributed by atoms with Gasteiger partial charge in [-0.25, -0.2) is 0 Å². The molecule has 8 nitrogen and oxygen atoms in total. The van der Waals surface area contributed by atoms with Crippen molar-refractivity contribution in [3.63, 3.8) is 0 Å². The molecule has 0 aromatic carbocycles. The van der Waals surface area contributed by atoms with E-state index in [-0.39, 0.29) is 19.1 Å². The molecule has 2 N–H and O–H groups in total. The highest BCUT2D eigenvalue weighted by molar-refractivity contribution is 7.45. The van der Waals surface area contributed by atoms with Crippen LogP contribution in [0.25, 0.3) is 0 Å². The number of allylic oxidation sites excluding steroid dienone is 15. The number of aliphatic hydroxyl groups excluding tert-OH is 1. The third-order valence-corrected chi connectivity index (χ3v) is 13.5. The molecule has 9 heteroatoms. The number of phosphoric acid groups is 1. The average molecular weight is 1010 g/mol. The van der Waals surface area contributed by atoms with Crippen LogP contribution < -0.4 is 10.2 Å². The predicted molar refractivity (Wildman–Crippen MR) is 306 cm³/mol. The summed E-state index contributed by atoms with van der Waals surface area (Å²) in [5.74, 6) is -0.201. The number of aliphatic hydroxyl groups is 1. The highest BCUT2D eigenvalue weighted by Gasteiger charge is 2.23. The number of amides is 1. The zero-order valence-corrected chi connectivity index (χ0v) is 47.5. The molecule has 0 aliphatic rings. The summed E-state index contributed by atoms with van der Waals surface area (Å²) >= 11 is 0. The molecule has 3 unspecified atom stereocenters. The fourth-order valence-electron chi connectivity index (χ4n) is 8.02. The van der Waals surface area contributed by atoms with Gasteiger partial charge < -0.3 is 28.8 Å². The first-order chi connectivity index (χ1) is 34.5. The van der Waals surface area contributed by atoms with Crippen molar-refractivity contribution in [2.24, 2.45) is 0 Å². The first kappa shape index (κ1) is 68.4. The molecule has 0 radical (unpaired) electrons. The molecule has 0 saturated heterocycles. The van der Waals surface area contributed by atoms with Crippen LogP contribution in [-0.2, 0) is 18.4 Å².